The predicted octanol–water partition coefficient (Wildman–Crippen LogP) is 6.03. The van der Waals surface area contributed by atoms with Gasteiger partial charge in [0.2, 0.25) is 5.90 Å². The van der Waals surface area contributed by atoms with Gasteiger partial charge in [-0.25, -0.2) is 9.79 Å². The van der Waals surface area contributed by atoms with Gasteiger partial charge in [-0.3, -0.25) is 0 Å². The Kier molecular flexibility index (Phi) is 5.79. The van der Waals surface area contributed by atoms with E-state index >= 15 is 0 Å². The van der Waals surface area contributed by atoms with Gasteiger partial charge in [0.05, 0.1) is 0 Å². The van der Waals surface area contributed by atoms with E-state index in [2.05, 4.69) is 20.9 Å². The molecule has 0 bridgehead atoms. The first-order valence-corrected chi connectivity index (χ1v) is 10.00. The maximum absolute atomic E-state index is 12.2. The minimum atomic E-state index is -0.476. The number of benzene rings is 3. The minimum Gasteiger partial charge on any atom is -0.489 e. The van der Waals surface area contributed by atoms with Gasteiger partial charge in [-0.15, -0.1) is 0 Å². The number of nitrogens with zero attached hydrogens (tertiary/aromatic N) is 1. The Hall–Kier alpha value is -2.89. The summed E-state index contributed by atoms with van der Waals surface area (Å²) in [7, 11) is 0. The number of hydrogen-bond acceptors (Lipinski definition) is 4. The number of aliphatic imine (C=N–C) groups is 1. The van der Waals surface area contributed by atoms with Gasteiger partial charge < -0.3 is 9.47 Å². The molecule has 1 aliphatic heterocycles. The Labute approximate surface area is 181 Å². The number of esters is 1. The van der Waals surface area contributed by atoms with E-state index in [1.807, 2.05) is 72.8 Å². The van der Waals surface area contributed by atoms with Crippen LogP contribution < -0.4 is 4.74 Å². The van der Waals surface area contributed by atoms with Crippen molar-refractivity contribution in [1.29, 1.82) is 0 Å². The summed E-state index contributed by atoms with van der Waals surface area (Å²) in [5.41, 5.74) is 2.80. The summed E-state index contributed by atoms with van der Waals surface area (Å²) in [5, 5.41) is 0.689. The lowest BCUT2D eigenvalue weighted by Crippen LogP contribution is -2.05. The second kappa shape index (κ2) is 8.64. The fourth-order valence-electron chi connectivity index (χ4n) is 2.72. The topological polar surface area (TPSA) is 47.9 Å². The van der Waals surface area contributed by atoms with Gasteiger partial charge in [-0.2, -0.15) is 0 Å². The molecule has 0 saturated heterocycles. The van der Waals surface area contributed by atoms with Crippen molar-refractivity contribution >= 4 is 45.5 Å². The summed E-state index contributed by atoms with van der Waals surface area (Å²) in [6.45, 7) is 0.422. The first-order chi connectivity index (χ1) is 14.1. The zero-order valence-electron chi connectivity index (χ0n) is 15.1. The average Bonchev–Trinajstić information content (AvgIpc) is 3.09. The second-order valence-electron chi connectivity index (χ2n) is 6.33. The number of halogens is 2. The van der Waals surface area contributed by atoms with E-state index in [1.54, 1.807) is 6.08 Å². The fraction of sp³-hybridized carbons (Fsp3) is 0.0435. The van der Waals surface area contributed by atoms with Crippen molar-refractivity contribution in [2.45, 2.75) is 6.61 Å². The summed E-state index contributed by atoms with van der Waals surface area (Å²) in [6.07, 6.45) is 1.68. The standard InChI is InChI=1S/C23H15BrClNO3/c24-18-8-6-17(7-9-18)22-26-21(23(27)29-22)13-16-2-1-3-20(12-16)28-14-15-4-10-19(25)11-5-15/h1-13H,14H2/b21-13-. The molecule has 0 N–H and O–H groups in total. The Morgan fingerprint density at radius 1 is 1.03 bits per heavy atom. The van der Waals surface area contributed by atoms with Crippen molar-refractivity contribution in [2.24, 2.45) is 4.99 Å². The van der Waals surface area contributed by atoms with E-state index in [4.69, 9.17) is 21.1 Å². The fourth-order valence-corrected chi connectivity index (χ4v) is 3.11. The Morgan fingerprint density at radius 2 is 1.79 bits per heavy atom. The van der Waals surface area contributed by atoms with Gasteiger partial charge >= 0.3 is 5.97 Å². The molecule has 0 aromatic heterocycles. The van der Waals surface area contributed by atoms with Crippen molar-refractivity contribution in [3.63, 3.8) is 0 Å². The normalized spacial score (nSPS) is 14.6. The highest BCUT2D eigenvalue weighted by Gasteiger charge is 2.24. The molecule has 6 heteroatoms. The average molecular weight is 469 g/mol. The van der Waals surface area contributed by atoms with Crippen LogP contribution in [-0.4, -0.2) is 11.9 Å². The summed E-state index contributed by atoms with van der Waals surface area (Å²) < 4.78 is 12.1. The van der Waals surface area contributed by atoms with Crippen LogP contribution in [0.4, 0.5) is 0 Å². The van der Waals surface area contributed by atoms with Crippen LogP contribution in [0, 0.1) is 0 Å². The molecule has 0 amide bonds. The lowest BCUT2D eigenvalue weighted by atomic mass is 10.2. The maximum Gasteiger partial charge on any atom is 0.363 e. The van der Waals surface area contributed by atoms with Gasteiger partial charge in [-0.1, -0.05) is 51.8 Å². The molecule has 0 atom stereocenters. The lowest BCUT2D eigenvalue weighted by molar-refractivity contribution is -0.129. The predicted molar refractivity (Wildman–Crippen MR) is 117 cm³/mol. The maximum atomic E-state index is 12.2. The van der Waals surface area contributed by atoms with Gasteiger partial charge in [0, 0.05) is 15.1 Å². The molecular formula is C23H15BrClNO3. The van der Waals surface area contributed by atoms with Crippen LogP contribution >= 0.6 is 27.5 Å². The van der Waals surface area contributed by atoms with Gasteiger partial charge in [0.15, 0.2) is 5.70 Å². The van der Waals surface area contributed by atoms with E-state index in [0.717, 1.165) is 21.2 Å². The Balaban J connectivity index is 1.50. The lowest BCUT2D eigenvalue weighted by Gasteiger charge is -2.07. The minimum absolute atomic E-state index is 0.248. The van der Waals surface area contributed by atoms with Crippen molar-refractivity contribution in [1.82, 2.24) is 0 Å². The van der Waals surface area contributed by atoms with Crippen LogP contribution in [0.2, 0.25) is 5.02 Å². The third-order valence-corrected chi connectivity index (χ3v) is 4.97. The SMILES string of the molecule is O=C1OC(c2ccc(Br)cc2)=N/C1=C\c1cccc(OCc2ccc(Cl)cc2)c1. The highest BCUT2D eigenvalue weighted by atomic mass is 79.9. The first kappa shape index (κ1) is 19.4. The Bertz CT molecular complexity index is 1110. The van der Waals surface area contributed by atoms with E-state index in [9.17, 15) is 4.79 Å². The molecule has 0 radical (unpaired) electrons. The molecule has 4 rings (SSSR count). The molecule has 1 aliphatic rings. The van der Waals surface area contributed by atoms with Crippen molar-refractivity contribution in [3.05, 3.63) is 105 Å². The summed E-state index contributed by atoms with van der Waals surface area (Å²) in [6, 6.07) is 22.4. The molecule has 144 valence electrons. The summed E-state index contributed by atoms with van der Waals surface area (Å²) >= 11 is 9.28. The van der Waals surface area contributed by atoms with Crippen LogP contribution in [0.5, 0.6) is 5.75 Å². The van der Waals surface area contributed by atoms with E-state index in [-0.39, 0.29) is 5.70 Å². The molecule has 0 unspecified atom stereocenters. The Morgan fingerprint density at radius 3 is 2.55 bits per heavy atom. The monoisotopic (exact) mass is 467 g/mol. The molecule has 0 fully saturated rings. The summed E-state index contributed by atoms with van der Waals surface area (Å²) in [5.74, 6) is 0.511. The van der Waals surface area contributed by atoms with Crippen LogP contribution in [0.1, 0.15) is 16.7 Å². The highest BCUT2D eigenvalue weighted by molar-refractivity contribution is 9.10. The van der Waals surface area contributed by atoms with Crippen LogP contribution in [0.25, 0.3) is 6.08 Å². The zero-order valence-corrected chi connectivity index (χ0v) is 17.5. The van der Waals surface area contributed by atoms with E-state index in [1.165, 1.54) is 0 Å². The molecule has 0 aliphatic carbocycles. The first-order valence-electron chi connectivity index (χ1n) is 8.83. The van der Waals surface area contributed by atoms with Crippen LogP contribution in [-0.2, 0) is 16.1 Å². The van der Waals surface area contributed by atoms with E-state index in [0.29, 0.717) is 23.3 Å². The molecule has 4 nitrogen and oxygen atoms in total. The second-order valence-corrected chi connectivity index (χ2v) is 7.68. The highest BCUT2D eigenvalue weighted by Crippen LogP contribution is 2.23. The number of cyclic esters (lactones) is 1. The zero-order chi connectivity index (χ0) is 20.2. The largest absolute Gasteiger partial charge is 0.489 e. The number of ether oxygens (including phenoxy) is 2. The molecule has 0 saturated carbocycles. The van der Waals surface area contributed by atoms with Crippen molar-refractivity contribution in [2.75, 3.05) is 0 Å². The van der Waals surface area contributed by atoms with Crippen LogP contribution in [0.3, 0.4) is 0 Å². The smallest absolute Gasteiger partial charge is 0.363 e. The van der Waals surface area contributed by atoms with Crippen molar-refractivity contribution < 1.29 is 14.3 Å². The molecule has 1 heterocycles. The molecular weight excluding hydrogens is 454 g/mol. The quantitative estimate of drug-likeness (QED) is 0.339. The number of rotatable bonds is 5. The molecule has 29 heavy (non-hydrogen) atoms. The third kappa shape index (κ3) is 4.94. The number of carbonyl (C=O) groups is 1. The van der Waals surface area contributed by atoms with Gasteiger partial charge in [0.1, 0.15) is 12.4 Å². The number of carbonyl (C=O) groups excluding carboxylic acids is 1. The van der Waals surface area contributed by atoms with Crippen molar-refractivity contribution in [3.8, 4) is 5.75 Å². The third-order valence-electron chi connectivity index (χ3n) is 4.19. The number of hydrogen-bond donors (Lipinski definition) is 0. The summed E-state index contributed by atoms with van der Waals surface area (Å²) in [4.78, 5) is 16.5. The molecule has 0 spiro atoms. The van der Waals surface area contributed by atoms with Gasteiger partial charge in [-0.05, 0) is 65.7 Å². The van der Waals surface area contributed by atoms with Crippen LogP contribution in [0.15, 0.2) is 88.0 Å². The van der Waals surface area contributed by atoms with E-state index < -0.39 is 5.97 Å². The molecule has 3 aromatic carbocycles. The van der Waals surface area contributed by atoms with Gasteiger partial charge in [0.25, 0.3) is 0 Å². The molecule has 3 aromatic rings.